The standard InChI is InChI=1S/C19H28N6O/c1-14-9-15(2)25(22-14)11-17(26)24-10-16(18-21-20-13-23(18)3)19(12-24)7-5-4-6-8-19/h9,13,16H,4-8,10-12H2,1-3H3. The van der Waals surface area contributed by atoms with Crippen LogP contribution in [0.3, 0.4) is 0 Å². The summed E-state index contributed by atoms with van der Waals surface area (Å²) < 4.78 is 3.84. The van der Waals surface area contributed by atoms with Crippen molar-refractivity contribution in [3.8, 4) is 0 Å². The summed E-state index contributed by atoms with van der Waals surface area (Å²) in [5.41, 5.74) is 2.15. The van der Waals surface area contributed by atoms with Crippen LogP contribution in [0.4, 0.5) is 0 Å². The quantitative estimate of drug-likeness (QED) is 0.845. The Hall–Kier alpha value is -2.18. The van der Waals surface area contributed by atoms with Gasteiger partial charge in [0.2, 0.25) is 5.91 Å². The second-order valence-corrected chi connectivity index (χ2v) is 8.13. The van der Waals surface area contributed by atoms with Crippen LogP contribution in [0.5, 0.6) is 0 Å². The molecule has 4 rings (SSSR count). The number of rotatable bonds is 3. The van der Waals surface area contributed by atoms with Crippen LogP contribution in [0.2, 0.25) is 0 Å². The van der Waals surface area contributed by atoms with Crippen molar-refractivity contribution >= 4 is 5.91 Å². The topological polar surface area (TPSA) is 68.8 Å². The number of carbonyl (C=O) groups is 1. The van der Waals surface area contributed by atoms with Crippen molar-refractivity contribution in [1.29, 1.82) is 0 Å². The fourth-order valence-electron chi connectivity index (χ4n) is 4.95. The van der Waals surface area contributed by atoms with E-state index in [4.69, 9.17) is 0 Å². The van der Waals surface area contributed by atoms with Gasteiger partial charge in [-0.3, -0.25) is 9.48 Å². The van der Waals surface area contributed by atoms with Gasteiger partial charge >= 0.3 is 0 Å². The van der Waals surface area contributed by atoms with Gasteiger partial charge in [0.1, 0.15) is 18.7 Å². The number of aromatic nitrogens is 5. The Morgan fingerprint density at radius 2 is 2.04 bits per heavy atom. The van der Waals surface area contributed by atoms with E-state index < -0.39 is 0 Å². The SMILES string of the molecule is Cc1cc(C)n(CC(=O)N2CC(c3nncn3C)C3(CCCCC3)C2)n1. The van der Waals surface area contributed by atoms with E-state index in [2.05, 4.69) is 15.3 Å². The summed E-state index contributed by atoms with van der Waals surface area (Å²) >= 11 is 0. The maximum atomic E-state index is 13.0. The first-order chi connectivity index (χ1) is 12.5. The fraction of sp³-hybridized carbons (Fsp3) is 0.684. The fourth-order valence-corrected chi connectivity index (χ4v) is 4.95. The van der Waals surface area contributed by atoms with Gasteiger partial charge in [-0.25, -0.2) is 0 Å². The van der Waals surface area contributed by atoms with Crippen LogP contribution in [0.25, 0.3) is 0 Å². The molecule has 0 radical (unpaired) electrons. The number of carbonyl (C=O) groups excluding carboxylic acids is 1. The van der Waals surface area contributed by atoms with Crippen LogP contribution in [-0.4, -0.2) is 48.4 Å². The second-order valence-electron chi connectivity index (χ2n) is 8.13. The molecule has 1 aliphatic heterocycles. The van der Waals surface area contributed by atoms with Gasteiger partial charge in [-0.2, -0.15) is 5.10 Å². The zero-order valence-corrected chi connectivity index (χ0v) is 16.0. The van der Waals surface area contributed by atoms with Crippen LogP contribution in [0.1, 0.15) is 55.2 Å². The maximum Gasteiger partial charge on any atom is 0.244 e. The third kappa shape index (κ3) is 2.93. The van der Waals surface area contributed by atoms with Gasteiger partial charge < -0.3 is 9.47 Å². The molecule has 7 heteroatoms. The molecule has 140 valence electrons. The first kappa shape index (κ1) is 17.2. The summed E-state index contributed by atoms with van der Waals surface area (Å²) in [6.07, 6.45) is 7.91. The molecule has 1 atom stereocenters. The molecule has 1 unspecified atom stereocenters. The summed E-state index contributed by atoms with van der Waals surface area (Å²) in [6, 6.07) is 2.02. The number of hydrogen-bond acceptors (Lipinski definition) is 4. The van der Waals surface area contributed by atoms with Gasteiger partial charge in [0.15, 0.2) is 0 Å². The van der Waals surface area contributed by atoms with E-state index in [0.717, 1.165) is 30.3 Å². The van der Waals surface area contributed by atoms with Gasteiger partial charge in [-0.05, 0) is 38.2 Å². The van der Waals surface area contributed by atoms with E-state index in [-0.39, 0.29) is 17.2 Å². The Morgan fingerprint density at radius 1 is 1.27 bits per heavy atom. The van der Waals surface area contributed by atoms with Gasteiger partial charge in [-0.15, -0.1) is 10.2 Å². The number of amides is 1. The van der Waals surface area contributed by atoms with E-state index in [1.807, 2.05) is 41.1 Å². The molecule has 0 bridgehead atoms. The molecule has 2 aromatic heterocycles. The molecule has 0 aromatic carbocycles. The average molecular weight is 356 g/mol. The Morgan fingerprint density at radius 3 is 2.65 bits per heavy atom. The maximum absolute atomic E-state index is 13.0. The lowest BCUT2D eigenvalue weighted by atomic mass is 9.67. The third-order valence-corrected chi connectivity index (χ3v) is 6.30. The molecule has 2 fully saturated rings. The molecule has 3 heterocycles. The summed E-state index contributed by atoms with van der Waals surface area (Å²) in [5.74, 6) is 1.46. The van der Waals surface area contributed by atoms with Crippen molar-refractivity contribution in [2.75, 3.05) is 13.1 Å². The highest BCUT2D eigenvalue weighted by Crippen LogP contribution is 2.51. The molecule has 7 nitrogen and oxygen atoms in total. The minimum absolute atomic E-state index is 0.157. The van der Waals surface area contributed by atoms with E-state index in [0.29, 0.717) is 6.54 Å². The molecule has 26 heavy (non-hydrogen) atoms. The van der Waals surface area contributed by atoms with Crippen molar-refractivity contribution in [1.82, 2.24) is 29.4 Å². The number of nitrogens with zero attached hydrogens (tertiary/aromatic N) is 6. The van der Waals surface area contributed by atoms with E-state index in [1.54, 1.807) is 6.33 Å². The van der Waals surface area contributed by atoms with E-state index >= 15 is 0 Å². The lowest BCUT2D eigenvalue weighted by Gasteiger charge is -2.37. The van der Waals surface area contributed by atoms with Crippen LogP contribution in [0, 0.1) is 19.3 Å². The average Bonchev–Trinajstić information content (AvgIpc) is 3.27. The minimum atomic E-state index is 0.157. The summed E-state index contributed by atoms with van der Waals surface area (Å²) in [7, 11) is 2.01. The summed E-state index contributed by atoms with van der Waals surface area (Å²) in [5, 5.41) is 12.9. The van der Waals surface area contributed by atoms with Crippen molar-refractivity contribution in [2.24, 2.45) is 12.5 Å². The normalized spacial score (nSPS) is 22.3. The summed E-state index contributed by atoms with van der Waals surface area (Å²) in [6.45, 7) is 5.86. The monoisotopic (exact) mass is 356 g/mol. The van der Waals surface area contributed by atoms with Crippen LogP contribution in [-0.2, 0) is 18.4 Å². The molecular formula is C19H28N6O. The lowest BCUT2D eigenvalue weighted by molar-refractivity contribution is -0.131. The second kappa shape index (κ2) is 6.52. The molecular weight excluding hydrogens is 328 g/mol. The molecule has 2 aromatic rings. The highest BCUT2D eigenvalue weighted by Gasteiger charge is 2.50. The smallest absolute Gasteiger partial charge is 0.244 e. The largest absolute Gasteiger partial charge is 0.340 e. The lowest BCUT2D eigenvalue weighted by Crippen LogP contribution is -2.36. The van der Waals surface area contributed by atoms with Gasteiger partial charge in [-0.1, -0.05) is 19.3 Å². The predicted molar refractivity (Wildman–Crippen MR) is 97.5 cm³/mol. The Bertz CT molecular complexity index is 801. The van der Waals surface area contributed by atoms with Crippen molar-refractivity contribution in [3.05, 3.63) is 29.6 Å². The van der Waals surface area contributed by atoms with Crippen LogP contribution < -0.4 is 0 Å². The highest BCUT2D eigenvalue weighted by atomic mass is 16.2. The van der Waals surface area contributed by atoms with Crippen LogP contribution >= 0.6 is 0 Å². The predicted octanol–water partition coefficient (Wildman–Crippen LogP) is 2.20. The Balaban J connectivity index is 1.57. The third-order valence-electron chi connectivity index (χ3n) is 6.30. The molecule has 1 aliphatic carbocycles. The van der Waals surface area contributed by atoms with E-state index in [9.17, 15) is 4.79 Å². The number of likely N-dealkylation sites (tertiary alicyclic amines) is 1. The first-order valence-corrected chi connectivity index (χ1v) is 9.61. The minimum Gasteiger partial charge on any atom is -0.340 e. The zero-order chi connectivity index (χ0) is 18.3. The molecule has 0 N–H and O–H groups in total. The molecule has 1 spiro atoms. The van der Waals surface area contributed by atoms with Gasteiger partial charge in [0.05, 0.1) is 5.69 Å². The molecule has 1 saturated carbocycles. The number of hydrogen-bond donors (Lipinski definition) is 0. The van der Waals surface area contributed by atoms with Crippen molar-refractivity contribution < 1.29 is 4.79 Å². The Labute approximate surface area is 154 Å². The van der Waals surface area contributed by atoms with E-state index in [1.165, 1.54) is 32.1 Å². The van der Waals surface area contributed by atoms with Crippen molar-refractivity contribution in [3.63, 3.8) is 0 Å². The van der Waals surface area contributed by atoms with Crippen LogP contribution in [0.15, 0.2) is 12.4 Å². The van der Waals surface area contributed by atoms with Gasteiger partial charge in [0, 0.05) is 31.7 Å². The highest BCUT2D eigenvalue weighted by molar-refractivity contribution is 5.76. The molecule has 1 saturated heterocycles. The molecule has 2 aliphatic rings. The molecule has 1 amide bonds. The zero-order valence-electron chi connectivity index (χ0n) is 16.0. The van der Waals surface area contributed by atoms with Gasteiger partial charge in [0.25, 0.3) is 0 Å². The Kier molecular flexibility index (Phi) is 4.32. The summed E-state index contributed by atoms with van der Waals surface area (Å²) in [4.78, 5) is 15.1. The van der Waals surface area contributed by atoms with Crippen molar-refractivity contribution in [2.45, 2.75) is 58.4 Å². The first-order valence-electron chi connectivity index (χ1n) is 9.61. The number of aryl methyl sites for hydroxylation is 3.